The summed E-state index contributed by atoms with van der Waals surface area (Å²) in [7, 11) is 1.67. The number of aromatic nitrogens is 1. The molecule has 6 heteroatoms. The Labute approximate surface area is 116 Å². The van der Waals surface area contributed by atoms with E-state index in [4.69, 9.17) is 19.6 Å². The molecule has 1 heterocycles. The first kappa shape index (κ1) is 14.2. The lowest BCUT2D eigenvalue weighted by Gasteiger charge is -2.01. The van der Waals surface area contributed by atoms with Gasteiger partial charge in [0.05, 0.1) is 13.2 Å². The molecule has 0 aliphatic rings. The summed E-state index contributed by atoms with van der Waals surface area (Å²) < 4.78 is 15.9. The van der Waals surface area contributed by atoms with E-state index in [9.17, 15) is 0 Å². The average Bonchev–Trinajstić information content (AvgIpc) is 2.79. The van der Waals surface area contributed by atoms with Crippen LogP contribution in [0.4, 0.5) is 5.69 Å². The van der Waals surface area contributed by atoms with Gasteiger partial charge in [-0.25, -0.2) is 4.98 Å². The van der Waals surface area contributed by atoms with Gasteiger partial charge in [0.15, 0.2) is 5.58 Å². The van der Waals surface area contributed by atoms with E-state index in [0.717, 1.165) is 29.9 Å². The molecule has 0 bridgehead atoms. The fourth-order valence-electron chi connectivity index (χ4n) is 1.55. The molecule has 0 aliphatic carbocycles. The molecule has 0 saturated carbocycles. The lowest BCUT2D eigenvalue weighted by atomic mass is 10.3. The summed E-state index contributed by atoms with van der Waals surface area (Å²) in [5.41, 5.74) is 7.97. The van der Waals surface area contributed by atoms with Crippen LogP contribution in [0.3, 0.4) is 0 Å². The Morgan fingerprint density at radius 2 is 2.21 bits per heavy atom. The zero-order valence-electron chi connectivity index (χ0n) is 10.9. The minimum absolute atomic E-state index is 0.639. The number of hydrogen-bond acceptors (Lipinski definition) is 6. The molecule has 1 aromatic heterocycles. The van der Waals surface area contributed by atoms with Crippen LogP contribution in [0.5, 0.6) is 0 Å². The van der Waals surface area contributed by atoms with Crippen molar-refractivity contribution in [2.24, 2.45) is 0 Å². The van der Waals surface area contributed by atoms with E-state index in [0.29, 0.717) is 24.1 Å². The molecule has 0 atom stereocenters. The first-order valence-electron chi connectivity index (χ1n) is 6.15. The maximum Gasteiger partial charge on any atom is 0.256 e. The number of oxazole rings is 1. The van der Waals surface area contributed by atoms with Gasteiger partial charge < -0.3 is 19.6 Å². The third kappa shape index (κ3) is 4.41. The first-order valence-corrected chi connectivity index (χ1v) is 7.13. The van der Waals surface area contributed by atoms with Gasteiger partial charge in [-0.2, -0.15) is 0 Å². The molecule has 0 spiro atoms. The summed E-state index contributed by atoms with van der Waals surface area (Å²) in [6.07, 6.45) is 0.954. The third-order valence-corrected chi connectivity index (χ3v) is 3.40. The lowest BCUT2D eigenvalue weighted by molar-refractivity contribution is 0.0713. The minimum Gasteiger partial charge on any atom is -0.431 e. The molecule has 0 aliphatic heterocycles. The van der Waals surface area contributed by atoms with E-state index in [1.165, 1.54) is 0 Å². The number of rotatable bonds is 8. The summed E-state index contributed by atoms with van der Waals surface area (Å²) >= 11 is 1.59. The van der Waals surface area contributed by atoms with E-state index in [1.807, 2.05) is 18.2 Å². The number of anilines is 1. The standard InChI is InChI=1S/C13H18N2O3S/c1-16-6-7-17-5-2-8-19-13-15-11-9-10(14)3-4-12(11)18-13/h3-4,9H,2,5-8,14H2,1H3. The molecule has 0 unspecified atom stereocenters. The number of fused-ring (bicyclic) bond motifs is 1. The number of nitrogen functional groups attached to an aromatic ring is 1. The molecule has 1 aromatic carbocycles. The molecular weight excluding hydrogens is 264 g/mol. The summed E-state index contributed by atoms with van der Waals surface area (Å²) in [5, 5.41) is 0.678. The van der Waals surface area contributed by atoms with Gasteiger partial charge in [-0.15, -0.1) is 0 Å². The molecule has 0 saturated heterocycles. The summed E-state index contributed by atoms with van der Waals surface area (Å²) in [5.74, 6) is 0.912. The predicted molar refractivity (Wildman–Crippen MR) is 76.5 cm³/mol. The minimum atomic E-state index is 0.639. The van der Waals surface area contributed by atoms with Gasteiger partial charge in [0.1, 0.15) is 5.52 Å². The molecule has 0 fully saturated rings. The van der Waals surface area contributed by atoms with Crippen LogP contribution in [0.1, 0.15) is 6.42 Å². The number of nitrogens with zero attached hydrogens (tertiary/aromatic N) is 1. The summed E-state index contributed by atoms with van der Waals surface area (Å²) in [4.78, 5) is 4.38. The van der Waals surface area contributed by atoms with Crippen molar-refractivity contribution in [3.05, 3.63) is 18.2 Å². The third-order valence-electron chi connectivity index (χ3n) is 2.48. The quantitative estimate of drug-likeness (QED) is 0.456. The van der Waals surface area contributed by atoms with Crippen LogP contribution >= 0.6 is 11.8 Å². The largest absolute Gasteiger partial charge is 0.431 e. The van der Waals surface area contributed by atoms with Crippen molar-refractivity contribution >= 4 is 28.5 Å². The highest BCUT2D eigenvalue weighted by Crippen LogP contribution is 2.25. The molecule has 104 valence electrons. The maximum atomic E-state index is 5.70. The highest BCUT2D eigenvalue weighted by molar-refractivity contribution is 7.99. The molecule has 0 radical (unpaired) electrons. The molecule has 2 rings (SSSR count). The molecule has 2 aromatic rings. The molecule has 19 heavy (non-hydrogen) atoms. The summed E-state index contributed by atoms with van der Waals surface area (Å²) in [6.45, 7) is 2.01. The zero-order chi connectivity index (χ0) is 13.5. The Morgan fingerprint density at radius 1 is 1.32 bits per heavy atom. The van der Waals surface area contributed by atoms with Crippen LogP contribution in [-0.2, 0) is 9.47 Å². The molecule has 5 nitrogen and oxygen atoms in total. The van der Waals surface area contributed by atoms with Gasteiger partial charge >= 0.3 is 0 Å². The Kier molecular flexibility index (Phi) is 5.50. The van der Waals surface area contributed by atoms with E-state index < -0.39 is 0 Å². The van der Waals surface area contributed by atoms with Gasteiger partial charge in [0.2, 0.25) is 0 Å². The highest BCUT2D eigenvalue weighted by Gasteiger charge is 2.06. The van der Waals surface area contributed by atoms with E-state index >= 15 is 0 Å². The normalized spacial score (nSPS) is 11.2. The van der Waals surface area contributed by atoms with Crippen LogP contribution in [0.25, 0.3) is 11.1 Å². The van der Waals surface area contributed by atoms with Crippen molar-refractivity contribution < 1.29 is 13.9 Å². The van der Waals surface area contributed by atoms with Crippen molar-refractivity contribution in [1.82, 2.24) is 4.98 Å². The number of nitrogens with two attached hydrogens (primary N) is 1. The Hall–Kier alpha value is -1.24. The van der Waals surface area contributed by atoms with Gasteiger partial charge in [-0.05, 0) is 24.6 Å². The predicted octanol–water partition coefficient (Wildman–Crippen LogP) is 2.56. The van der Waals surface area contributed by atoms with Crippen LogP contribution < -0.4 is 5.73 Å². The summed E-state index contributed by atoms with van der Waals surface area (Å²) in [6, 6.07) is 5.47. The van der Waals surface area contributed by atoms with Crippen molar-refractivity contribution in [2.75, 3.05) is 38.4 Å². The SMILES string of the molecule is COCCOCCCSc1nc2cc(N)ccc2o1. The lowest BCUT2D eigenvalue weighted by Crippen LogP contribution is -2.03. The number of methoxy groups -OCH3 is 1. The number of hydrogen-bond donors (Lipinski definition) is 1. The molecular formula is C13H18N2O3S. The zero-order valence-corrected chi connectivity index (χ0v) is 11.7. The Balaban J connectivity index is 1.72. The second-order valence-electron chi connectivity index (χ2n) is 4.01. The van der Waals surface area contributed by atoms with Gasteiger partial charge in [0.25, 0.3) is 5.22 Å². The first-order chi connectivity index (χ1) is 9.29. The van der Waals surface area contributed by atoms with Crippen molar-refractivity contribution in [3.63, 3.8) is 0 Å². The van der Waals surface area contributed by atoms with E-state index in [1.54, 1.807) is 18.9 Å². The topological polar surface area (TPSA) is 70.5 Å². The number of benzene rings is 1. The fourth-order valence-corrected chi connectivity index (χ4v) is 2.30. The van der Waals surface area contributed by atoms with Gasteiger partial charge in [-0.3, -0.25) is 0 Å². The Morgan fingerprint density at radius 3 is 3.05 bits per heavy atom. The second-order valence-corrected chi connectivity index (χ2v) is 5.06. The average molecular weight is 282 g/mol. The van der Waals surface area contributed by atoms with Crippen molar-refractivity contribution in [2.45, 2.75) is 11.6 Å². The maximum absolute atomic E-state index is 5.70. The number of ether oxygens (including phenoxy) is 2. The van der Waals surface area contributed by atoms with Gasteiger partial charge in [0, 0.05) is 25.2 Å². The van der Waals surface area contributed by atoms with Crippen molar-refractivity contribution in [3.8, 4) is 0 Å². The molecule has 0 amide bonds. The monoisotopic (exact) mass is 282 g/mol. The van der Waals surface area contributed by atoms with Gasteiger partial charge in [-0.1, -0.05) is 11.8 Å². The molecule has 2 N–H and O–H groups in total. The Bertz CT molecular complexity index is 516. The van der Waals surface area contributed by atoms with Crippen LogP contribution in [0.15, 0.2) is 27.8 Å². The van der Waals surface area contributed by atoms with Crippen LogP contribution in [0, 0.1) is 0 Å². The van der Waals surface area contributed by atoms with E-state index in [-0.39, 0.29) is 0 Å². The second kappa shape index (κ2) is 7.37. The number of thioether (sulfide) groups is 1. The smallest absolute Gasteiger partial charge is 0.256 e. The highest BCUT2D eigenvalue weighted by atomic mass is 32.2. The fraction of sp³-hybridized carbons (Fsp3) is 0.462. The van der Waals surface area contributed by atoms with E-state index in [2.05, 4.69) is 4.98 Å². The van der Waals surface area contributed by atoms with Crippen LogP contribution in [0.2, 0.25) is 0 Å². The van der Waals surface area contributed by atoms with Crippen LogP contribution in [-0.4, -0.2) is 37.7 Å². The van der Waals surface area contributed by atoms with Crippen molar-refractivity contribution in [1.29, 1.82) is 0 Å².